The van der Waals surface area contributed by atoms with Gasteiger partial charge in [0.15, 0.2) is 0 Å². The Labute approximate surface area is 132 Å². The average molecular weight is 309 g/mol. The van der Waals surface area contributed by atoms with Gasteiger partial charge in [-0.2, -0.15) is 9.78 Å². The van der Waals surface area contributed by atoms with Gasteiger partial charge in [-0.1, -0.05) is 24.3 Å². The molecule has 0 saturated heterocycles. The first-order chi connectivity index (χ1) is 10.7. The van der Waals surface area contributed by atoms with E-state index in [0.717, 1.165) is 5.56 Å². The minimum Gasteiger partial charge on any atom is -0.267 e. The van der Waals surface area contributed by atoms with E-state index in [-0.39, 0.29) is 5.56 Å². The fourth-order valence-corrected chi connectivity index (χ4v) is 2.59. The van der Waals surface area contributed by atoms with Gasteiger partial charge in [0.1, 0.15) is 5.82 Å². The van der Waals surface area contributed by atoms with Crippen molar-refractivity contribution in [1.82, 2.24) is 9.66 Å². The minimum atomic E-state index is -0.153. The second kappa shape index (κ2) is 6.15. The quantitative estimate of drug-likeness (QED) is 0.551. The third-order valence-corrected chi connectivity index (χ3v) is 4.10. The molecule has 0 aliphatic heterocycles. The first-order valence-electron chi connectivity index (χ1n) is 6.86. The van der Waals surface area contributed by atoms with Crippen molar-refractivity contribution in [1.29, 1.82) is 0 Å². The number of nitrogens with zero attached hydrogens (tertiary/aromatic N) is 3. The lowest BCUT2D eigenvalue weighted by Gasteiger charge is -2.05. The van der Waals surface area contributed by atoms with Gasteiger partial charge < -0.3 is 0 Å². The van der Waals surface area contributed by atoms with Gasteiger partial charge in [-0.25, -0.2) is 4.98 Å². The topological polar surface area (TPSA) is 47.2 Å². The second-order valence-electron chi connectivity index (χ2n) is 4.81. The highest BCUT2D eigenvalue weighted by Crippen LogP contribution is 2.14. The fourth-order valence-electron chi connectivity index (χ4n) is 2.19. The highest BCUT2D eigenvalue weighted by atomic mass is 32.2. The van der Waals surface area contributed by atoms with E-state index in [1.54, 1.807) is 31.0 Å². The maximum atomic E-state index is 12.5. The first-order valence-corrected chi connectivity index (χ1v) is 8.08. The molecular weight excluding hydrogens is 294 g/mol. The average Bonchev–Trinajstić information content (AvgIpc) is 2.55. The summed E-state index contributed by atoms with van der Waals surface area (Å²) >= 11 is 1.69. The lowest BCUT2D eigenvalue weighted by Crippen LogP contribution is -2.20. The van der Waals surface area contributed by atoms with Crippen molar-refractivity contribution in [3.05, 3.63) is 70.3 Å². The number of benzene rings is 2. The van der Waals surface area contributed by atoms with Gasteiger partial charge in [0, 0.05) is 4.90 Å². The van der Waals surface area contributed by atoms with Crippen molar-refractivity contribution in [3.8, 4) is 0 Å². The monoisotopic (exact) mass is 309 g/mol. The van der Waals surface area contributed by atoms with Gasteiger partial charge in [-0.15, -0.1) is 11.8 Å². The Morgan fingerprint density at radius 3 is 2.59 bits per heavy atom. The Morgan fingerprint density at radius 2 is 1.86 bits per heavy atom. The van der Waals surface area contributed by atoms with E-state index in [1.165, 1.54) is 9.57 Å². The van der Waals surface area contributed by atoms with Crippen LogP contribution in [-0.4, -0.2) is 22.1 Å². The van der Waals surface area contributed by atoms with E-state index in [4.69, 9.17) is 0 Å². The predicted octanol–water partition coefficient (Wildman–Crippen LogP) is 3.31. The molecule has 0 fully saturated rings. The first kappa shape index (κ1) is 14.5. The van der Waals surface area contributed by atoms with Gasteiger partial charge in [0.05, 0.1) is 17.1 Å². The van der Waals surface area contributed by atoms with Crippen molar-refractivity contribution in [2.24, 2.45) is 5.10 Å². The molecule has 0 aliphatic rings. The van der Waals surface area contributed by atoms with E-state index in [0.29, 0.717) is 16.7 Å². The van der Waals surface area contributed by atoms with E-state index in [9.17, 15) is 4.79 Å². The molecule has 3 aromatic rings. The van der Waals surface area contributed by atoms with Crippen LogP contribution in [0.1, 0.15) is 11.4 Å². The van der Waals surface area contributed by atoms with E-state index in [1.807, 2.05) is 48.7 Å². The summed E-state index contributed by atoms with van der Waals surface area (Å²) < 4.78 is 1.34. The van der Waals surface area contributed by atoms with Gasteiger partial charge in [0.25, 0.3) is 5.56 Å². The molecular formula is C17H15N3OS. The lowest BCUT2D eigenvalue weighted by molar-refractivity contribution is 0.771. The summed E-state index contributed by atoms with van der Waals surface area (Å²) in [6.07, 6.45) is 3.71. The number of rotatable bonds is 3. The zero-order valence-electron chi connectivity index (χ0n) is 12.4. The van der Waals surface area contributed by atoms with Crippen LogP contribution in [0.5, 0.6) is 0 Å². The number of thioether (sulfide) groups is 1. The van der Waals surface area contributed by atoms with Crippen LogP contribution in [0.25, 0.3) is 10.9 Å². The van der Waals surface area contributed by atoms with Crippen molar-refractivity contribution in [2.45, 2.75) is 11.8 Å². The molecule has 22 heavy (non-hydrogen) atoms. The molecule has 0 aliphatic carbocycles. The molecule has 1 heterocycles. The number of para-hydroxylation sites is 1. The Morgan fingerprint density at radius 1 is 1.14 bits per heavy atom. The summed E-state index contributed by atoms with van der Waals surface area (Å²) in [6, 6.07) is 15.3. The number of aryl methyl sites for hydroxylation is 1. The summed E-state index contributed by atoms with van der Waals surface area (Å²) in [7, 11) is 0. The normalized spacial score (nSPS) is 11.4. The molecule has 0 saturated carbocycles. The van der Waals surface area contributed by atoms with Gasteiger partial charge in [-0.05, 0) is 43.0 Å². The lowest BCUT2D eigenvalue weighted by atomic mass is 10.2. The Hall–Kier alpha value is -2.40. The van der Waals surface area contributed by atoms with Crippen molar-refractivity contribution in [3.63, 3.8) is 0 Å². The summed E-state index contributed by atoms with van der Waals surface area (Å²) in [5.41, 5.74) is 1.48. The van der Waals surface area contributed by atoms with E-state index < -0.39 is 0 Å². The highest BCUT2D eigenvalue weighted by Gasteiger charge is 2.06. The largest absolute Gasteiger partial charge is 0.282 e. The molecule has 0 radical (unpaired) electrons. The van der Waals surface area contributed by atoms with Crippen LogP contribution < -0.4 is 5.56 Å². The minimum absolute atomic E-state index is 0.153. The molecule has 0 unspecified atom stereocenters. The molecule has 5 heteroatoms. The molecule has 0 N–H and O–H groups in total. The van der Waals surface area contributed by atoms with Crippen LogP contribution in [0.2, 0.25) is 0 Å². The van der Waals surface area contributed by atoms with Gasteiger partial charge >= 0.3 is 0 Å². The van der Waals surface area contributed by atoms with Crippen LogP contribution in [-0.2, 0) is 0 Å². The molecule has 0 atom stereocenters. The van der Waals surface area contributed by atoms with Crippen LogP contribution >= 0.6 is 11.8 Å². The molecule has 0 spiro atoms. The zero-order chi connectivity index (χ0) is 15.5. The second-order valence-corrected chi connectivity index (χ2v) is 5.69. The van der Waals surface area contributed by atoms with Crippen LogP contribution in [0, 0.1) is 6.92 Å². The van der Waals surface area contributed by atoms with Crippen molar-refractivity contribution >= 4 is 28.9 Å². The zero-order valence-corrected chi connectivity index (χ0v) is 13.2. The number of hydrogen-bond acceptors (Lipinski definition) is 4. The molecule has 4 nitrogen and oxygen atoms in total. The summed E-state index contributed by atoms with van der Waals surface area (Å²) in [5, 5.41) is 4.86. The molecule has 0 bridgehead atoms. The maximum absolute atomic E-state index is 12.5. The summed E-state index contributed by atoms with van der Waals surface area (Å²) in [5.74, 6) is 0.570. The van der Waals surface area contributed by atoms with Crippen LogP contribution in [0.3, 0.4) is 0 Å². The number of fused-ring (bicyclic) bond motifs is 1. The fraction of sp³-hybridized carbons (Fsp3) is 0.118. The standard InChI is InChI=1S/C17H15N3OS/c1-12-19-16-6-4-3-5-15(16)17(21)20(12)18-11-13-7-9-14(22-2)10-8-13/h3-11H,1-2H3/b18-11-. The van der Waals surface area contributed by atoms with Crippen molar-refractivity contribution < 1.29 is 0 Å². The molecule has 1 aromatic heterocycles. The Balaban J connectivity index is 2.02. The van der Waals surface area contributed by atoms with Gasteiger partial charge in [-0.3, -0.25) is 4.79 Å². The maximum Gasteiger partial charge on any atom is 0.282 e. The molecule has 0 amide bonds. The SMILES string of the molecule is CSc1ccc(/C=N\n2c(C)nc3ccccc3c2=O)cc1. The van der Waals surface area contributed by atoms with Gasteiger partial charge in [0.2, 0.25) is 0 Å². The third kappa shape index (κ3) is 2.80. The van der Waals surface area contributed by atoms with Crippen LogP contribution in [0.4, 0.5) is 0 Å². The number of hydrogen-bond donors (Lipinski definition) is 0. The number of aromatic nitrogens is 2. The molecule has 2 aromatic carbocycles. The molecule has 110 valence electrons. The Bertz CT molecular complexity index is 898. The smallest absolute Gasteiger partial charge is 0.267 e. The van der Waals surface area contributed by atoms with Crippen LogP contribution in [0.15, 0.2) is 63.3 Å². The Kier molecular flexibility index (Phi) is 4.06. The molecule has 3 rings (SSSR count). The highest BCUT2D eigenvalue weighted by molar-refractivity contribution is 7.98. The van der Waals surface area contributed by atoms with E-state index >= 15 is 0 Å². The van der Waals surface area contributed by atoms with Crippen molar-refractivity contribution in [2.75, 3.05) is 6.26 Å². The third-order valence-electron chi connectivity index (χ3n) is 3.35. The summed E-state index contributed by atoms with van der Waals surface area (Å²) in [4.78, 5) is 18.1. The van der Waals surface area contributed by atoms with E-state index in [2.05, 4.69) is 10.1 Å². The summed E-state index contributed by atoms with van der Waals surface area (Å²) in [6.45, 7) is 1.78. The predicted molar refractivity (Wildman–Crippen MR) is 92.0 cm³/mol.